The quantitative estimate of drug-likeness (QED) is 0.698. The molecule has 2 heterocycles. The third-order valence-electron chi connectivity index (χ3n) is 5.24. The van der Waals surface area contributed by atoms with Crippen LogP contribution in [0.2, 0.25) is 0 Å². The van der Waals surface area contributed by atoms with Crippen molar-refractivity contribution in [3.05, 3.63) is 47.2 Å². The van der Waals surface area contributed by atoms with Crippen molar-refractivity contribution < 1.29 is 14.3 Å². The Morgan fingerprint density at radius 3 is 2.32 bits per heavy atom. The van der Waals surface area contributed by atoms with Crippen molar-refractivity contribution >= 4 is 12.0 Å². The van der Waals surface area contributed by atoms with E-state index in [-0.39, 0.29) is 18.0 Å². The van der Waals surface area contributed by atoms with Gasteiger partial charge in [-0.15, -0.1) is 0 Å². The molecule has 0 aliphatic carbocycles. The molecule has 0 bridgehead atoms. The van der Waals surface area contributed by atoms with Crippen molar-refractivity contribution in [1.82, 2.24) is 20.4 Å². The monoisotopic (exact) mass is 386 g/mol. The second kappa shape index (κ2) is 9.71. The van der Waals surface area contributed by atoms with Crippen LogP contribution < -0.4 is 10.6 Å². The number of benzene rings is 1. The fourth-order valence-corrected chi connectivity index (χ4v) is 3.76. The van der Waals surface area contributed by atoms with Gasteiger partial charge in [-0.1, -0.05) is 37.3 Å². The third-order valence-corrected chi connectivity index (χ3v) is 5.24. The maximum atomic E-state index is 12.5. The van der Waals surface area contributed by atoms with Crippen LogP contribution in [-0.2, 0) is 16.1 Å². The topological polar surface area (TPSA) is 73.9 Å². The molecule has 0 aromatic heterocycles. The van der Waals surface area contributed by atoms with E-state index in [2.05, 4.69) is 44.7 Å². The smallest absolute Gasteiger partial charge is 0.337 e. The molecule has 2 N–H and O–H groups in total. The van der Waals surface area contributed by atoms with E-state index < -0.39 is 0 Å². The number of rotatable bonds is 7. The highest BCUT2D eigenvalue weighted by molar-refractivity contribution is 5.94. The van der Waals surface area contributed by atoms with E-state index in [9.17, 15) is 9.59 Å². The van der Waals surface area contributed by atoms with Gasteiger partial charge in [-0.2, -0.15) is 0 Å². The van der Waals surface area contributed by atoms with E-state index in [1.165, 1.54) is 5.56 Å². The first-order chi connectivity index (χ1) is 13.6. The van der Waals surface area contributed by atoms with Gasteiger partial charge in [-0.3, -0.25) is 9.80 Å². The average Bonchev–Trinajstić information content (AvgIpc) is 2.70. The molecular weight excluding hydrogens is 356 g/mol. The Kier molecular flexibility index (Phi) is 7.06. The zero-order chi connectivity index (χ0) is 19.9. The lowest BCUT2D eigenvalue weighted by atomic mass is 10.00. The number of nitrogens with one attached hydrogen (secondary N) is 2. The fourth-order valence-electron chi connectivity index (χ4n) is 3.76. The number of carbonyl (C=O) groups is 2. The maximum absolute atomic E-state index is 12.5. The summed E-state index contributed by atoms with van der Waals surface area (Å²) >= 11 is 0. The average molecular weight is 386 g/mol. The molecule has 7 nitrogen and oxygen atoms in total. The summed E-state index contributed by atoms with van der Waals surface area (Å²) in [6.45, 7) is 9.27. The lowest BCUT2D eigenvalue weighted by molar-refractivity contribution is -0.139. The minimum atomic E-state index is -0.348. The number of ether oxygens (including phenoxy) is 1. The Labute approximate surface area is 166 Å². The number of amides is 2. The molecule has 2 amide bonds. The van der Waals surface area contributed by atoms with Crippen LogP contribution in [0.4, 0.5) is 4.79 Å². The molecule has 3 rings (SSSR count). The molecule has 2 aliphatic rings. The predicted molar refractivity (Wildman–Crippen MR) is 108 cm³/mol. The second-order valence-corrected chi connectivity index (χ2v) is 7.21. The summed E-state index contributed by atoms with van der Waals surface area (Å²) in [5.41, 5.74) is 2.54. The fraction of sp³-hybridized carbons (Fsp3) is 0.524. The molecule has 1 saturated heterocycles. The van der Waals surface area contributed by atoms with Crippen LogP contribution in [-0.4, -0.2) is 67.2 Å². The molecule has 28 heavy (non-hydrogen) atoms. The van der Waals surface area contributed by atoms with Crippen LogP contribution in [0.25, 0.3) is 0 Å². The van der Waals surface area contributed by atoms with Gasteiger partial charge >= 0.3 is 12.0 Å². The molecule has 1 atom stereocenters. The molecule has 0 spiro atoms. The number of urea groups is 1. The number of hydrogen-bond donors (Lipinski definition) is 2. The molecular formula is C21H30N4O3. The number of piperazine rings is 1. The van der Waals surface area contributed by atoms with E-state index in [1.807, 2.05) is 13.0 Å². The minimum Gasteiger partial charge on any atom is -0.463 e. The van der Waals surface area contributed by atoms with Crippen LogP contribution in [0.3, 0.4) is 0 Å². The zero-order valence-electron chi connectivity index (χ0n) is 16.7. The maximum Gasteiger partial charge on any atom is 0.337 e. The van der Waals surface area contributed by atoms with Gasteiger partial charge in [-0.05, 0) is 18.9 Å². The van der Waals surface area contributed by atoms with Crippen molar-refractivity contribution in [3.8, 4) is 0 Å². The Bertz CT molecular complexity index is 712. The Hall–Kier alpha value is -2.38. The first-order valence-corrected chi connectivity index (χ1v) is 10.1. The number of hydrogen-bond acceptors (Lipinski definition) is 5. The lowest BCUT2D eigenvalue weighted by Gasteiger charge is -2.37. The minimum absolute atomic E-state index is 0.252. The Morgan fingerprint density at radius 2 is 1.71 bits per heavy atom. The summed E-state index contributed by atoms with van der Waals surface area (Å²) in [5.74, 6) is -0.348. The van der Waals surface area contributed by atoms with Crippen molar-refractivity contribution in [1.29, 1.82) is 0 Å². The van der Waals surface area contributed by atoms with Crippen LogP contribution in [0.5, 0.6) is 0 Å². The van der Waals surface area contributed by atoms with Gasteiger partial charge in [0.1, 0.15) is 0 Å². The van der Waals surface area contributed by atoms with Gasteiger partial charge < -0.3 is 15.4 Å². The Morgan fingerprint density at radius 1 is 1.07 bits per heavy atom. The molecule has 152 valence electrons. The highest BCUT2D eigenvalue weighted by Crippen LogP contribution is 2.19. The third kappa shape index (κ3) is 5.11. The molecule has 0 radical (unpaired) electrons. The molecule has 0 saturated carbocycles. The molecule has 7 heteroatoms. The number of carbonyl (C=O) groups excluding carboxylic acids is 2. The second-order valence-electron chi connectivity index (χ2n) is 7.21. The number of nitrogens with zero attached hydrogens (tertiary/aromatic N) is 2. The van der Waals surface area contributed by atoms with Gasteiger partial charge in [0.15, 0.2) is 0 Å². The number of esters is 1. The van der Waals surface area contributed by atoms with Crippen molar-refractivity contribution in [2.24, 2.45) is 0 Å². The zero-order valence-corrected chi connectivity index (χ0v) is 16.7. The van der Waals surface area contributed by atoms with E-state index in [4.69, 9.17) is 4.74 Å². The molecule has 1 aromatic carbocycles. The van der Waals surface area contributed by atoms with E-state index in [1.54, 1.807) is 6.92 Å². The SMILES string of the molecule is CCOC(=O)C1=C(CN2CCN(Cc3ccccc3)CC2)NC(=O)N[C@H]1CC. The van der Waals surface area contributed by atoms with Crippen molar-refractivity contribution in [3.63, 3.8) is 0 Å². The molecule has 1 aromatic rings. The summed E-state index contributed by atoms with van der Waals surface area (Å²) in [5, 5.41) is 5.66. The molecule has 1 fully saturated rings. The molecule has 0 unspecified atom stereocenters. The summed E-state index contributed by atoms with van der Waals surface area (Å²) in [4.78, 5) is 29.2. The van der Waals surface area contributed by atoms with Gasteiger partial charge in [0.2, 0.25) is 0 Å². The first-order valence-electron chi connectivity index (χ1n) is 10.1. The highest BCUT2D eigenvalue weighted by Gasteiger charge is 2.32. The summed E-state index contributed by atoms with van der Waals surface area (Å²) in [7, 11) is 0. The van der Waals surface area contributed by atoms with E-state index in [0.717, 1.165) is 32.7 Å². The summed E-state index contributed by atoms with van der Waals surface area (Å²) in [6.07, 6.45) is 0.649. The van der Waals surface area contributed by atoms with Gasteiger partial charge in [0.05, 0.1) is 18.2 Å². The van der Waals surface area contributed by atoms with Gasteiger partial charge in [0, 0.05) is 45.0 Å². The van der Waals surface area contributed by atoms with Gasteiger partial charge in [0.25, 0.3) is 0 Å². The van der Waals surface area contributed by atoms with Crippen LogP contribution >= 0.6 is 0 Å². The molecule has 2 aliphatic heterocycles. The van der Waals surface area contributed by atoms with Crippen LogP contribution in [0.1, 0.15) is 25.8 Å². The summed E-state index contributed by atoms with van der Waals surface area (Å²) in [6, 6.07) is 9.92. The standard InChI is InChI=1S/C21H30N4O3/c1-3-17-19(20(26)28-4-2)18(23-21(27)22-17)15-25-12-10-24(11-13-25)14-16-8-6-5-7-9-16/h5-9,17H,3-4,10-15H2,1-2H3,(H2,22,23,27)/t17-/m0/s1. The van der Waals surface area contributed by atoms with E-state index >= 15 is 0 Å². The van der Waals surface area contributed by atoms with Crippen LogP contribution in [0.15, 0.2) is 41.6 Å². The van der Waals surface area contributed by atoms with Crippen molar-refractivity contribution in [2.45, 2.75) is 32.9 Å². The van der Waals surface area contributed by atoms with Gasteiger partial charge in [-0.25, -0.2) is 9.59 Å². The van der Waals surface area contributed by atoms with E-state index in [0.29, 0.717) is 30.8 Å². The predicted octanol–water partition coefficient (Wildman–Crippen LogP) is 1.71. The summed E-state index contributed by atoms with van der Waals surface area (Å²) < 4.78 is 5.24. The highest BCUT2D eigenvalue weighted by atomic mass is 16.5. The Balaban J connectivity index is 1.63. The lowest BCUT2D eigenvalue weighted by Crippen LogP contribution is -2.53. The van der Waals surface area contributed by atoms with Crippen molar-refractivity contribution in [2.75, 3.05) is 39.3 Å². The largest absolute Gasteiger partial charge is 0.463 e. The first kappa shape index (κ1) is 20.4. The normalized spacial score (nSPS) is 21.2. The van der Waals surface area contributed by atoms with Crippen LogP contribution in [0, 0.1) is 0 Å².